The van der Waals surface area contributed by atoms with Gasteiger partial charge in [0.25, 0.3) is 0 Å². The molecule has 0 radical (unpaired) electrons. The van der Waals surface area contributed by atoms with Gasteiger partial charge in [-0.25, -0.2) is 18.5 Å². The lowest BCUT2D eigenvalue weighted by Gasteiger charge is -2.11. The standard InChI is InChI=1S/C14H16N2O4S/c1-2-9-19-12-5-3-4-6-13(12)20-14-8-7-11(10-16-14)21(15,17)18/h3-8,10H,2,9H2,1H3,(H2,15,17,18). The molecule has 1 aromatic heterocycles. The summed E-state index contributed by atoms with van der Waals surface area (Å²) >= 11 is 0. The van der Waals surface area contributed by atoms with Crippen LogP contribution in [0.5, 0.6) is 17.4 Å². The van der Waals surface area contributed by atoms with Crippen LogP contribution in [0.25, 0.3) is 0 Å². The van der Waals surface area contributed by atoms with Crippen LogP contribution in [0.1, 0.15) is 13.3 Å². The number of para-hydroxylation sites is 2. The van der Waals surface area contributed by atoms with Crippen LogP contribution >= 0.6 is 0 Å². The van der Waals surface area contributed by atoms with Crippen LogP contribution in [-0.2, 0) is 10.0 Å². The minimum absolute atomic E-state index is 0.0645. The molecule has 0 saturated heterocycles. The van der Waals surface area contributed by atoms with Crippen LogP contribution in [0.3, 0.4) is 0 Å². The van der Waals surface area contributed by atoms with E-state index >= 15 is 0 Å². The maximum absolute atomic E-state index is 11.2. The SMILES string of the molecule is CCCOc1ccccc1Oc1ccc(S(N)(=O)=O)cn1. The Labute approximate surface area is 123 Å². The molecule has 0 saturated carbocycles. The van der Waals surface area contributed by atoms with Crippen molar-refractivity contribution in [1.82, 2.24) is 4.98 Å². The quantitative estimate of drug-likeness (QED) is 0.884. The fraction of sp³-hybridized carbons (Fsp3) is 0.214. The molecule has 6 nitrogen and oxygen atoms in total. The molecule has 0 aliphatic rings. The summed E-state index contributed by atoms with van der Waals surface area (Å²) in [5.74, 6) is 1.38. The highest BCUT2D eigenvalue weighted by Gasteiger charge is 2.10. The van der Waals surface area contributed by atoms with Gasteiger partial charge in [-0.3, -0.25) is 0 Å². The Morgan fingerprint density at radius 1 is 1.14 bits per heavy atom. The van der Waals surface area contributed by atoms with Crippen molar-refractivity contribution in [3.63, 3.8) is 0 Å². The van der Waals surface area contributed by atoms with E-state index in [1.165, 1.54) is 12.1 Å². The third-order valence-corrected chi connectivity index (χ3v) is 3.46. The number of hydrogen-bond donors (Lipinski definition) is 1. The van der Waals surface area contributed by atoms with Gasteiger partial charge in [0.15, 0.2) is 11.5 Å². The van der Waals surface area contributed by atoms with Crippen molar-refractivity contribution < 1.29 is 17.9 Å². The van der Waals surface area contributed by atoms with E-state index in [1.54, 1.807) is 12.1 Å². The zero-order valence-electron chi connectivity index (χ0n) is 11.5. The third kappa shape index (κ3) is 4.17. The molecule has 0 unspecified atom stereocenters. The zero-order valence-corrected chi connectivity index (χ0v) is 12.3. The van der Waals surface area contributed by atoms with Gasteiger partial charge in [-0.15, -0.1) is 0 Å². The summed E-state index contributed by atoms with van der Waals surface area (Å²) in [4.78, 5) is 3.86. The molecule has 1 heterocycles. The second-order valence-corrected chi connectivity index (χ2v) is 5.84. The molecule has 21 heavy (non-hydrogen) atoms. The molecular weight excluding hydrogens is 292 g/mol. The highest BCUT2D eigenvalue weighted by molar-refractivity contribution is 7.89. The van der Waals surface area contributed by atoms with Crippen molar-refractivity contribution >= 4 is 10.0 Å². The molecule has 112 valence electrons. The number of aromatic nitrogens is 1. The minimum atomic E-state index is -3.76. The number of nitrogens with zero attached hydrogens (tertiary/aromatic N) is 1. The first-order valence-corrected chi connectivity index (χ1v) is 7.94. The van der Waals surface area contributed by atoms with Crippen molar-refractivity contribution in [2.45, 2.75) is 18.2 Å². The fourth-order valence-corrected chi connectivity index (χ4v) is 2.03. The second-order valence-electron chi connectivity index (χ2n) is 4.27. The summed E-state index contributed by atoms with van der Waals surface area (Å²) in [6, 6.07) is 9.98. The second kappa shape index (κ2) is 6.55. The lowest BCUT2D eigenvalue weighted by molar-refractivity contribution is 0.300. The number of ether oxygens (including phenoxy) is 2. The number of sulfonamides is 1. The lowest BCUT2D eigenvalue weighted by Crippen LogP contribution is -2.12. The minimum Gasteiger partial charge on any atom is -0.490 e. The Hall–Kier alpha value is -2.12. The molecule has 0 bridgehead atoms. The molecule has 7 heteroatoms. The van der Waals surface area contributed by atoms with E-state index in [9.17, 15) is 8.42 Å². The zero-order chi connectivity index (χ0) is 15.3. The van der Waals surface area contributed by atoms with Crippen LogP contribution < -0.4 is 14.6 Å². The van der Waals surface area contributed by atoms with E-state index < -0.39 is 10.0 Å². The maximum atomic E-state index is 11.2. The summed E-state index contributed by atoms with van der Waals surface area (Å²) < 4.78 is 33.5. The van der Waals surface area contributed by atoms with E-state index in [4.69, 9.17) is 14.6 Å². The van der Waals surface area contributed by atoms with Crippen molar-refractivity contribution in [3.8, 4) is 17.4 Å². The van der Waals surface area contributed by atoms with Gasteiger partial charge < -0.3 is 9.47 Å². The predicted molar refractivity (Wildman–Crippen MR) is 77.9 cm³/mol. The van der Waals surface area contributed by atoms with Crippen LogP contribution in [0.4, 0.5) is 0 Å². The average molecular weight is 308 g/mol. The Morgan fingerprint density at radius 2 is 1.86 bits per heavy atom. The Morgan fingerprint density at radius 3 is 2.43 bits per heavy atom. The predicted octanol–water partition coefficient (Wildman–Crippen LogP) is 2.31. The van der Waals surface area contributed by atoms with Crippen molar-refractivity contribution in [2.75, 3.05) is 6.61 Å². The van der Waals surface area contributed by atoms with E-state index in [0.717, 1.165) is 12.6 Å². The van der Waals surface area contributed by atoms with Gasteiger partial charge in [-0.05, 0) is 24.6 Å². The van der Waals surface area contributed by atoms with Gasteiger partial charge in [-0.2, -0.15) is 0 Å². The summed E-state index contributed by atoms with van der Waals surface area (Å²) in [6.45, 7) is 2.59. The first kappa shape index (κ1) is 15.3. The summed E-state index contributed by atoms with van der Waals surface area (Å²) in [5, 5.41) is 5.01. The number of hydrogen-bond acceptors (Lipinski definition) is 5. The molecule has 0 fully saturated rings. The number of benzene rings is 1. The molecule has 0 atom stereocenters. The molecule has 0 aliphatic heterocycles. The molecular formula is C14H16N2O4S. The number of nitrogens with two attached hydrogens (primary N) is 1. The molecule has 1 aromatic carbocycles. The van der Waals surface area contributed by atoms with Crippen LogP contribution in [0, 0.1) is 0 Å². The highest BCUT2D eigenvalue weighted by atomic mass is 32.2. The number of pyridine rings is 1. The maximum Gasteiger partial charge on any atom is 0.239 e. The highest BCUT2D eigenvalue weighted by Crippen LogP contribution is 2.30. The molecule has 2 rings (SSSR count). The number of rotatable bonds is 6. The normalized spacial score (nSPS) is 11.1. The van der Waals surface area contributed by atoms with Crippen molar-refractivity contribution in [3.05, 3.63) is 42.6 Å². The molecule has 2 aromatic rings. The first-order valence-electron chi connectivity index (χ1n) is 6.39. The molecule has 0 aliphatic carbocycles. The Balaban J connectivity index is 2.18. The van der Waals surface area contributed by atoms with E-state index in [2.05, 4.69) is 4.98 Å². The van der Waals surface area contributed by atoms with Gasteiger partial charge in [0.05, 0.1) is 12.8 Å². The first-order chi connectivity index (χ1) is 10.0. The summed E-state index contributed by atoms with van der Waals surface area (Å²) in [5.41, 5.74) is 0. The molecule has 0 spiro atoms. The van der Waals surface area contributed by atoms with E-state index in [1.807, 2.05) is 19.1 Å². The smallest absolute Gasteiger partial charge is 0.239 e. The number of primary sulfonamides is 1. The summed E-state index contributed by atoms with van der Waals surface area (Å²) in [6.07, 6.45) is 2.04. The largest absolute Gasteiger partial charge is 0.490 e. The van der Waals surface area contributed by atoms with Gasteiger partial charge in [0, 0.05) is 6.07 Å². The lowest BCUT2D eigenvalue weighted by atomic mass is 10.3. The monoisotopic (exact) mass is 308 g/mol. The van der Waals surface area contributed by atoms with E-state index in [0.29, 0.717) is 18.1 Å². The topological polar surface area (TPSA) is 91.5 Å². The summed E-state index contributed by atoms with van der Waals surface area (Å²) in [7, 11) is -3.76. The van der Waals surface area contributed by atoms with Crippen molar-refractivity contribution in [2.24, 2.45) is 5.14 Å². The van der Waals surface area contributed by atoms with Gasteiger partial charge in [0.2, 0.25) is 15.9 Å². The molecule has 2 N–H and O–H groups in total. The van der Waals surface area contributed by atoms with Crippen LogP contribution in [0.2, 0.25) is 0 Å². The van der Waals surface area contributed by atoms with E-state index in [-0.39, 0.29) is 10.8 Å². The fourth-order valence-electron chi connectivity index (χ4n) is 1.57. The molecule has 0 amide bonds. The van der Waals surface area contributed by atoms with Crippen molar-refractivity contribution in [1.29, 1.82) is 0 Å². The van der Waals surface area contributed by atoms with Gasteiger partial charge in [-0.1, -0.05) is 19.1 Å². The average Bonchev–Trinajstić information content (AvgIpc) is 2.46. The Kier molecular flexibility index (Phi) is 4.77. The van der Waals surface area contributed by atoms with Gasteiger partial charge in [0.1, 0.15) is 4.90 Å². The van der Waals surface area contributed by atoms with Crippen LogP contribution in [-0.4, -0.2) is 20.0 Å². The Bertz CT molecular complexity index is 699. The van der Waals surface area contributed by atoms with Crippen LogP contribution in [0.15, 0.2) is 47.5 Å². The third-order valence-electron chi connectivity index (χ3n) is 2.56. The van der Waals surface area contributed by atoms with Gasteiger partial charge >= 0.3 is 0 Å².